The SMILES string of the molecule is CCOc1ncccc1-c1nc(CC(C)NC)no1. The van der Waals surface area contributed by atoms with Crippen LogP contribution in [0.2, 0.25) is 0 Å². The molecule has 6 nitrogen and oxygen atoms in total. The molecule has 102 valence electrons. The van der Waals surface area contributed by atoms with Gasteiger partial charge in [0.15, 0.2) is 5.82 Å². The molecule has 0 aliphatic carbocycles. The van der Waals surface area contributed by atoms with Gasteiger partial charge in [0.25, 0.3) is 5.89 Å². The Bertz CT molecular complexity index is 527. The van der Waals surface area contributed by atoms with Gasteiger partial charge in [-0.2, -0.15) is 4.98 Å². The van der Waals surface area contributed by atoms with Crippen molar-refractivity contribution in [1.82, 2.24) is 20.4 Å². The predicted molar refractivity (Wildman–Crippen MR) is 70.9 cm³/mol. The van der Waals surface area contributed by atoms with Gasteiger partial charge in [0.2, 0.25) is 5.88 Å². The Morgan fingerprint density at radius 3 is 3.05 bits per heavy atom. The van der Waals surface area contributed by atoms with Crippen LogP contribution in [0.5, 0.6) is 5.88 Å². The van der Waals surface area contributed by atoms with Gasteiger partial charge in [-0.3, -0.25) is 0 Å². The van der Waals surface area contributed by atoms with Crippen LogP contribution in [0.3, 0.4) is 0 Å². The Labute approximate surface area is 112 Å². The van der Waals surface area contributed by atoms with Crippen molar-refractivity contribution in [3.63, 3.8) is 0 Å². The third-order valence-corrected chi connectivity index (χ3v) is 2.73. The molecule has 1 N–H and O–H groups in total. The van der Waals surface area contributed by atoms with Crippen molar-refractivity contribution in [2.45, 2.75) is 26.3 Å². The molecule has 0 saturated heterocycles. The van der Waals surface area contributed by atoms with Gasteiger partial charge in [-0.25, -0.2) is 4.98 Å². The molecule has 2 aromatic heterocycles. The number of hydrogen-bond acceptors (Lipinski definition) is 6. The molecule has 1 atom stereocenters. The molecule has 0 spiro atoms. The van der Waals surface area contributed by atoms with Crippen LogP contribution in [-0.4, -0.2) is 34.8 Å². The summed E-state index contributed by atoms with van der Waals surface area (Å²) in [4.78, 5) is 8.54. The maximum absolute atomic E-state index is 5.45. The van der Waals surface area contributed by atoms with Gasteiger partial charge in [-0.1, -0.05) is 5.16 Å². The van der Waals surface area contributed by atoms with Crippen LogP contribution in [0.1, 0.15) is 19.7 Å². The summed E-state index contributed by atoms with van der Waals surface area (Å²) in [6.07, 6.45) is 2.39. The maximum atomic E-state index is 5.45. The van der Waals surface area contributed by atoms with Crippen LogP contribution >= 0.6 is 0 Å². The summed E-state index contributed by atoms with van der Waals surface area (Å²) in [6, 6.07) is 3.97. The molecule has 2 aromatic rings. The van der Waals surface area contributed by atoms with E-state index in [9.17, 15) is 0 Å². The van der Waals surface area contributed by atoms with Crippen LogP contribution in [0.4, 0.5) is 0 Å². The summed E-state index contributed by atoms with van der Waals surface area (Å²) in [7, 11) is 1.90. The van der Waals surface area contributed by atoms with Crippen LogP contribution in [0, 0.1) is 0 Å². The molecule has 0 saturated carbocycles. The van der Waals surface area contributed by atoms with Crippen molar-refractivity contribution in [3.05, 3.63) is 24.2 Å². The average molecular weight is 262 g/mol. The number of aromatic nitrogens is 3. The minimum absolute atomic E-state index is 0.297. The molecule has 0 aliphatic heterocycles. The summed E-state index contributed by atoms with van der Waals surface area (Å²) in [6.45, 7) is 4.51. The number of ether oxygens (including phenoxy) is 1. The van der Waals surface area contributed by atoms with Gasteiger partial charge in [-0.05, 0) is 33.0 Å². The van der Waals surface area contributed by atoms with E-state index < -0.39 is 0 Å². The van der Waals surface area contributed by atoms with Crippen molar-refractivity contribution in [1.29, 1.82) is 0 Å². The molecular weight excluding hydrogens is 244 g/mol. The quantitative estimate of drug-likeness (QED) is 0.854. The highest BCUT2D eigenvalue weighted by molar-refractivity contribution is 5.59. The summed E-state index contributed by atoms with van der Waals surface area (Å²) >= 11 is 0. The lowest BCUT2D eigenvalue weighted by atomic mass is 10.2. The highest BCUT2D eigenvalue weighted by Gasteiger charge is 2.15. The number of nitrogens with one attached hydrogen (secondary N) is 1. The second kappa shape index (κ2) is 6.29. The fraction of sp³-hybridized carbons (Fsp3) is 0.462. The van der Waals surface area contributed by atoms with Gasteiger partial charge in [-0.15, -0.1) is 0 Å². The van der Waals surface area contributed by atoms with Gasteiger partial charge in [0, 0.05) is 18.7 Å². The molecule has 0 fully saturated rings. The largest absolute Gasteiger partial charge is 0.477 e. The molecular formula is C13H18N4O2. The molecule has 0 radical (unpaired) electrons. The van der Waals surface area contributed by atoms with E-state index in [1.165, 1.54) is 0 Å². The van der Waals surface area contributed by atoms with Crippen molar-refractivity contribution in [2.24, 2.45) is 0 Å². The van der Waals surface area contributed by atoms with Gasteiger partial charge < -0.3 is 14.6 Å². The van der Waals surface area contributed by atoms with Crippen LogP contribution in [0.25, 0.3) is 11.5 Å². The van der Waals surface area contributed by atoms with Crippen molar-refractivity contribution in [3.8, 4) is 17.3 Å². The first-order valence-electron chi connectivity index (χ1n) is 6.32. The average Bonchev–Trinajstić information content (AvgIpc) is 2.88. The molecule has 2 heterocycles. The monoisotopic (exact) mass is 262 g/mol. The highest BCUT2D eigenvalue weighted by atomic mass is 16.5. The topological polar surface area (TPSA) is 73.1 Å². The minimum Gasteiger partial charge on any atom is -0.477 e. The van der Waals surface area contributed by atoms with E-state index in [1.54, 1.807) is 6.20 Å². The van der Waals surface area contributed by atoms with E-state index >= 15 is 0 Å². The molecule has 19 heavy (non-hydrogen) atoms. The number of likely N-dealkylation sites (N-methyl/N-ethyl adjacent to an activating group) is 1. The first kappa shape index (κ1) is 13.5. The van der Waals surface area contributed by atoms with E-state index in [1.807, 2.05) is 26.1 Å². The van der Waals surface area contributed by atoms with Crippen molar-refractivity contribution >= 4 is 0 Å². The van der Waals surface area contributed by atoms with E-state index in [0.29, 0.717) is 36.7 Å². The van der Waals surface area contributed by atoms with E-state index in [4.69, 9.17) is 9.26 Å². The lowest BCUT2D eigenvalue weighted by Gasteiger charge is -2.05. The van der Waals surface area contributed by atoms with Crippen LogP contribution < -0.4 is 10.1 Å². The fourth-order valence-corrected chi connectivity index (χ4v) is 1.63. The van der Waals surface area contributed by atoms with Crippen LogP contribution in [-0.2, 0) is 6.42 Å². The zero-order valence-electron chi connectivity index (χ0n) is 11.4. The zero-order valence-corrected chi connectivity index (χ0v) is 11.4. The molecule has 1 unspecified atom stereocenters. The third-order valence-electron chi connectivity index (χ3n) is 2.73. The summed E-state index contributed by atoms with van der Waals surface area (Å²) in [5, 5.41) is 7.11. The van der Waals surface area contributed by atoms with Crippen LogP contribution in [0.15, 0.2) is 22.9 Å². The smallest absolute Gasteiger partial charge is 0.263 e. The normalized spacial score (nSPS) is 12.4. The Balaban J connectivity index is 2.22. The van der Waals surface area contributed by atoms with E-state index in [0.717, 1.165) is 5.56 Å². The molecule has 0 aliphatic rings. The van der Waals surface area contributed by atoms with Crippen molar-refractivity contribution < 1.29 is 9.26 Å². The fourth-order valence-electron chi connectivity index (χ4n) is 1.63. The highest BCUT2D eigenvalue weighted by Crippen LogP contribution is 2.26. The van der Waals surface area contributed by atoms with Crippen molar-refractivity contribution in [2.75, 3.05) is 13.7 Å². The number of pyridine rings is 1. The number of nitrogens with zero attached hydrogens (tertiary/aromatic N) is 3. The second-order valence-corrected chi connectivity index (χ2v) is 4.20. The number of rotatable bonds is 6. The summed E-state index contributed by atoms with van der Waals surface area (Å²) in [5.74, 6) is 1.62. The Kier molecular flexibility index (Phi) is 4.46. The summed E-state index contributed by atoms with van der Waals surface area (Å²) < 4.78 is 10.7. The first-order valence-corrected chi connectivity index (χ1v) is 6.32. The third kappa shape index (κ3) is 3.29. The first-order chi connectivity index (χ1) is 9.24. The Hall–Kier alpha value is -1.95. The summed E-state index contributed by atoms with van der Waals surface area (Å²) in [5.41, 5.74) is 0.722. The molecule has 0 amide bonds. The van der Waals surface area contributed by atoms with Gasteiger partial charge >= 0.3 is 0 Å². The van der Waals surface area contributed by atoms with E-state index in [-0.39, 0.29) is 0 Å². The lowest BCUT2D eigenvalue weighted by Crippen LogP contribution is -2.24. The van der Waals surface area contributed by atoms with E-state index in [2.05, 4.69) is 27.4 Å². The Morgan fingerprint density at radius 1 is 1.47 bits per heavy atom. The van der Waals surface area contributed by atoms with Gasteiger partial charge in [0.1, 0.15) is 5.56 Å². The second-order valence-electron chi connectivity index (χ2n) is 4.20. The predicted octanol–water partition coefficient (Wildman–Crippen LogP) is 1.68. The molecule has 0 bridgehead atoms. The molecule has 6 heteroatoms. The molecule has 2 rings (SSSR count). The molecule has 0 aromatic carbocycles. The zero-order chi connectivity index (χ0) is 13.7. The van der Waals surface area contributed by atoms with Gasteiger partial charge in [0.05, 0.1) is 6.61 Å². The Morgan fingerprint density at radius 2 is 2.32 bits per heavy atom. The standard InChI is InChI=1S/C13H18N4O2/c1-4-18-12-10(6-5-7-15-12)13-16-11(17-19-13)8-9(2)14-3/h5-7,9,14H,4,8H2,1-3H3. The minimum atomic E-state index is 0.297. The maximum Gasteiger partial charge on any atom is 0.263 e. The number of hydrogen-bond donors (Lipinski definition) is 1. The lowest BCUT2D eigenvalue weighted by molar-refractivity contribution is 0.326.